The number of thioether (sulfide) groups is 1. The predicted octanol–water partition coefficient (Wildman–Crippen LogP) is 5.22. The Morgan fingerprint density at radius 3 is 2.53 bits per heavy atom. The number of nitrogens with zero attached hydrogens (tertiary/aromatic N) is 6. The van der Waals surface area contributed by atoms with E-state index < -0.39 is 11.9 Å². The maximum atomic E-state index is 14.1. The second-order valence-electron chi connectivity index (χ2n) is 7.12. The van der Waals surface area contributed by atoms with E-state index in [4.69, 9.17) is 4.84 Å². The van der Waals surface area contributed by atoms with E-state index >= 15 is 0 Å². The van der Waals surface area contributed by atoms with Crippen LogP contribution in [-0.4, -0.2) is 36.9 Å². The fourth-order valence-electron chi connectivity index (χ4n) is 3.45. The molecule has 1 N–H and O–H groups in total. The molecule has 0 aliphatic heterocycles. The van der Waals surface area contributed by atoms with Gasteiger partial charge < -0.3 is 4.57 Å². The molecule has 12 heteroatoms. The molecule has 4 rings (SSSR count). The van der Waals surface area contributed by atoms with Gasteiger partial charge in [-0.1, -0.05) is 42.1 Å². The Balaban J connectivity index is 1.67. The Hall–Kier alpha value is -3.35. The number of anilines is 1. The van der Waals surface area contributed by atoms with Crippen molar-refractivity contribution >= 4 is 17.4 Å². The summed E-state index contributed by atoms with van der Waals surface area (Å²) in [6.07, 6.45) is -3.48. The van der Waals surface area contributed by atoms with Crippen molar-refractivity contribution in [2.75, 3.05) is 12.3 Å². The lowest BCUT2D eigenvalue weighted by Gasteiger charge is -2.14. The first-order chi connectivity index (χ1) is 16.3. The lowest BCUT2D eigenvalue weighted by Crippen LogP contribution is -2.15. The molecule has 0 amide bonds. The fraction of sp³-hybridized carbons (Fsp3) is 0.227. The molecule has 0 aliphatic rings. The molecule has 4 aromatic rings. The van der Waals surface area contributed by atoms with E-state index in [1.807, 2.05) is 13.0 Å². The van der Waals surface area contributed by atoms with Gasteiger partial charge in [-0.25, -0.2) is 4.68 Å². The molecule has 178 valence electrons. The molecule has 2 aromatic carbocycles. The Labute approximate surface area is 197 Å². The summed E-state index contributed by atoms with van der Waals surface area (Å²) in [6, 6.07) is 15.2. The van der Waals surface area contributed by atoms with Crippen LogP contribution in [0, 0.1) is 0 Å². The van der Waals surface area contributed by atoms with Crippen molar-refractivity contribution in [1.29, 1.82) is 0 Å². The quantitative estimate of drug-likeness (QED) is 0.268. The van der Waals surface area contributed by atoms with E-state index in [0.717, 1.165) is 10.2 Å². The summed E-state index contributed by atoms with van der Waals surface area (Å²) in [6.45, 7) is 2.18. The molecule has 34 heavy (non-hydrogen) atoms. The highest BCUT2D eigenvalue weighted by molar-refractivity contribution is 7.98. The highest BCUT2D eigenvalue weighted by Crippen LogP contribution is 2.38. The van der Waals surface area contributed by atoms with Crippen molar-refractivity contribution in [2.24, 2.45) is 0 Å². The molecule has 2 heterocycles. The first-order valence-corrected chi connectivity index (χ1v) is 11.2. The maximum Gasteiger partial charge on any atom is 0.434 e. The highest BCUT2D eigenvalue weighted by Gasteiger charge is 2.40. The number of halogens is 3. The topological polar surface area (TPSA) is 81.2 Å². The van der Waals surface area contributed by atoms with Crippen molar-refractivity contribution in [2.45, 2.75) is 30.6 Å². The van der Waals surface area contributed by atoms with Crippen molar-refractivity contribution in [3.8, 4) is 17.1 Å². The van der Waals surface area contributed by atoms with E-state index in [-0.39, 0.29) is 11.4 Å². The third-order valence-corrected chi connectivity index (χ3v) is 6.02. The van der Waals surface area contributed by atoms with Crippen LogP contribution >= 0.6 is 11.8 Å². The summed E-state index contributed by atoms with van der Waals surface area (Å²) in [7, 11) is 1.34. The van der Waals surface area contributed by atoms with Gasteiger partial charge in [0.2, 0.25) is 0 Å². The SMILES string of the molecule is CCn1c(SCc2cccc(N(O)OC)c2)nnc1-c1cnn(-c2ccccc2)c1C(F)(F)F. The average molecular weight is 491 g/mol. The summed E-state index contributed by atoms with van der Waals surface area (Å²) in [5.41, 5.74) is 0.551. The number of benzene rings is 2. The number of hydrogen-bond donors (Lipinski definition) is 1. The first-order valence-electron chi connectivity index (χ1n) is 10.2. The van der Waals surface area contributed by atoms with Gasteiger partial charge in [-0.3, -0.25) is 10.0 Å². The van der Waals surface area contributed by atoms with Gasteiger partial charge in [0.25, 0.3) is 0 Å². The summed E-state index contributed by atoms with van der Waals surface area (Å²) < 4.78 is 44.8. The van der Waals surface area contributed by atoms with Crippen LogP contribution < -0.4 is 5.23 Å². The zero-order valence-corrected chi connectivity index (χ0v) is 19.1. The molecular formula is C22H21F3N6O2S. The van der Waals surface area contributed by atoms with Crippen LogP contribution in [-0.2, 0) is 23.3 Å². The van der Waals surface area contributed by atoms with Gasteiger partial charge >= 0.3 is 6.18 Å². The smallest absolute Gasteiger partial charge is 0.302 e. The molecule has 0 aliphatic carbocycles. The summed E-state index contributed by atoms with van der Waals surface area (Å²) in [5, 5.41) is 23.1. The molecule has 8 nitrogen and oxygen atoms in total. The van der Waals surface area contributed by atoms with Crippen molar-refractivity contribution in [3.05, 3.63) is 72.1 Å². The maximum absolute atomic E-state index is 14.1. The normalized spacial score (nSPS) is 11.7. The molecule has 0 saturated heterocycles. The molecule has 2 aromatic heterocycles. The Morgan fingerprint density at radius 2 is 1.85 bits per heavy atom. The van der Waals surface area contributed by atoms with E-state index in [1.165, 1.54) is 25.1 Å². The fourth-order valence-corrected chi connectivity index (χ4v) is 4.39. The van der Waals surface area contributed by atoms with Gasteiger partial charge in [-0.15, -0.1) is 15.4 Å². The first kappa shape index (κ1) is 23.8. The number of alkyl halides is 3. The van der Waals surface area contributed by atoms with Gasteiger partial charge in [0.1, 0.15) is 0 Å². The third kappa shape index (κ3) is 4.79. The van der Waals surface area contributed by atoms with Crippen molar-refractivity contribution in [1.82, 2.24) is 24.5 Å². The minimum atomic E-state index is -4.66. The van der Waals surface area contributed by atoms with Gasteiger partial charge in [-0.05, 0) is 36.8 Å². The molecule has 0 atom stereocenters. The standard InChI is InChI=1S/C22H21F3N6O2S/c1-3-29-20(18-13-26-30(19(18)22(23,24)25)16-9-5-4-6-10-16)27-28-21(29)34-14-15-8-7-11-17(12-15)31(32)33-2/h4-13,32H,3,14H2,1-2H3. The number of rotatable bonds is 8. The lowest BCUT2D eigenvalue weighted by atomic mass is 10.2. The molecule has 0 unspecified atom stereocenters. The van der Waals surface area contributed by atoms with Crippen LogP contribution in [0.3, 0.4) is 0 Å². The lowest BCUT2D eigenvalue weighted by molar-refractivity contribution is -0.142. The molecule has 0 fully saturated rings. The van der Waals surface area contributed by atoms with Crippen molar-refractivity contribution < 1.29 is 23.2 Å². The van der Waals surface area contributed by atoms with Crippen molar-refractivity contribution in [3.63, 3.8) is 0 Å². The highest BCUT2D eigenvalue weighted by atomic mass is 32.2. The number of para-hydroxylation sites is 1. The minimum absolute atomic E-state index is 0.0918. The van der Waals surface area contributed by atoms with E-state index in [9.17, 15) is 18.4 Å². The molecule has 0 bridgehead atoms. The van der Waals surface area contributed by atoms with Crippen LogP contribution in [0.2, 0.25) is 0 Å². The van der Waals surface area contributed by atoms with Crippen LogP contribution in [0.1, 0.15) is 18.2 Å². The third-order valence-electron chi connectivity index (χ3n) is 4.98. The predicted molar refractivity (Wildman–Crippen MR) is 121 cm³/mol. The monoisotopic (exact) mass is 490 g/mol. The second kappa shape index (κ2) is 9.87. The summed E-state index contributed by atoms with van der Waals surface area (Å²) >= 11 is 1.32. The van der Waals surface area contributed by atoms with E-state index in [1.54, 1.807) is 53.1 Å². The molecule has 0 spiro atoms. The van der Waals surface area contributed by atoms with Crippen LogP contribution in [0.25, 0.3) is 17.1 Å². The Bertz CT molecular complexity index is 1260. The average Bonchev–Trinajstić information content (AvgIpc) is 3.47. The summed E-state index contributed by atoms with van der Waals surface area (Å²) in [5.74, 6) is 0.549. The van der Waals surface area contributed by atoms with Gasteiger partial charge in [0, 0.05) is 12.3 Å². The zero-order valence-electron chi connectivity index (χ0n) is 18.3. The van der Waals surface area contributed by atoms with Gasteiger partial charge in [0.15, 0.2) is 16.7 Å². The van der Waals surface area contributed by atoms with Crippen LogP contribution in [0.4, 0.5) is 18.9 Å². The van der Waals surface area contributed by atoms with Gasteiger partial charge in [0.05, 0.1) is 30.2 Å². The number of aromatic nitrogens is 5. The van der Waals surface area contributed by atoms with E-state index in [0.29, 0.717) is 34.1 Å². The van der Waals surface area contributed by atoms with Gasteiger partial charge in [-0.2, -0.15) is 18.3 Å². The Morgan fingerprint density at radius 1 is 1.09 bits per heavy atom. The largest absolute Gasteiger partial charge is 0.434 e. The molecular weight excluding hydrogens is 469 g/mol. The zero-order chi connectivity index (χ0) is 24.3. The second-order valence-corrected chi connectivity index (χ2v) is 8.06. The van der Waals surface area contributed by atoms with E-state index in [2.05, 4.69) is 15.3 Å². The van der Waals surface area contributed by atoms with Crippen LogP contribution in [0.5, 0.6) is 0 Å². The van der Waals surface area contributed by atoms with Crippen LogP contribution in [0.15, 0.2) is 66.0 Å². The number of hydrogen-bond acceptors (Lipinski definition) is 7. The Kier molecular flexibility index (Phi) is 6.91. The molecule has 0 saturated carbocycles. The summed E-state index contributed by atoms with van der Waals surface area (Å²) in [4.78, 5) is 4.77. The minimum Gasteiger partial charge on any atom is -0.302 e. The molecule has 0 radical (unpaired) electrons.